The van der Waals surface area contributed by atoms with E-state index in [0.717, 1.165) is 5.69 Å². The average molecular weight is 280 g/mol. The van der Waals surface area contributed by atoms with Gasteiger partial charge in [0, 0.05) is 6.54 Å². The minimum absolute atomic E-state index is 0.180. The summed E-state index contributed by atoms with van der Waals surface area (Å²) in [6, 6.07) is 12.2. The second-order valence-corrected chi connectivity index (χ2v) is 4.50. The fourth-order valence-electron chi connectivity index (χ4n) is 2.35. The van der Waals surface area contributed by atoms with Gasteiger partial charge in [-0.2, -0.15) is 4.99 Å². The van der Waals surface area contributed by atoms with Gasteiger partial charge >= 0.3 is 0 Å². The van der Waals surface area contributed by atoms with Crippen molar-refractivity contribution in [3.8, 4) is 11.5 Å². The lowest BCUT2D eigenvalue weighted by Crippen LogP contribution is -2.29. The quantitative estimate of drug-likeness (QED) is 0.625. The zero-order valence-electron chi connectivity index (χ0n) is 11.4. The van der Waals surface area contributed by atoms with Crippen LogP contribution in [-0.2, 0) is 4.79 Å². The number of amides is 1. The first-order valence-electron chi connectivity index (χ1n) is 6.55. The first-order valence-corrected chi connectivity index (χ1v) is 6.55. The van der Waals surface area contributed by atoms with Gasteiger partial charge in [-0.05, 0) is 37.3 Å². The maximum Gasteiger partial charge on any atom is 0.262 e. The van der Waals surface area contributed by atoms with E-state index in [-0.39, 0.29) is 5.91 Å². The lowest BCUT2D eigenvalue weighted by atomic mass is 10.1. The molecule has 0 saturated heterocycles. The van der Waals surface area contributed by atoms with E-state index in [1.54, 1.807) is 17.0 Å². The third-order valence-electron chi connectivity index (χ3n) is 3.31. The SMILES string of the molecule is CCN1C(=O)c2cc(N=C=O)ccc2Oc2ccccc21. The van der Waals surface area contributed by atoms with Gasteiger partial charge in [0.2, 0.25) is 6.08 Å². The molecule has 1 heterocycles. The minimum Gasteiger partial charge on any atom is -0.454 e. The molecule has 0 unspecified atom stereocenters. The molecular weight excluding hydrogens is 268 g/mol. The van der Waals surface area contributed by atoms with Crippen LogP contribution in [0.15, 0.2) is 47.5 Å². The number of aliphatic imine (C=N–C) groups is 1. The number of ether oxygens (including phenoxy) is 1. The molecule has 0 bridgehead atoms. The van der Waals surface area contributed by atoms with Gasteiger partial charge < -0.3 is 9.64 Å². The van der Waals surface area contributed by atoms with Gasteiger partial charge in [-0.1, -0.05) is 12.1 Å². The zero-order valence-corrected chi connectivity index (χ0v) is 11.4. The van der Waals surface area contributed by atoms with Crippen molar-refractivity contribution in [3.63, 3.8) is 0 Å². The molecule has 104 valence electrons. The highest BCUT2D eigenvalue weighted by Gasteiger charge is 2.27. The number of benzene rings is 2. The lowest BCUT2D eigenvalue weighted by Gasteiger charge is -2.19. The number of hydrogen-bond donors (Lipinski definition) is 0. The number of para-hydroxylation sites is 2. The molecule has 5 heteroatoms. The van der Waals surface area contributed by atoms with Gasteiger partial charge in [0.05, 0.1) is 16.9 Å². The number of anilines is 1. The number of fused-ring (bicyclic) bond motifs is 2. The smallest absolute Gasteiger partial charge is 0.262 e. The summed E-state index contributed by atoms with van der Waals surface area (Å²) in [6.07, 6.45) is 1.47. The molecular formula is C16H12N2O3. The predicted molar refractivity (Wildman–Crippen MR) is 78.1 cm³/mol. The van der Waals surface area contributed by atoms with Gasteiger partial charge in [0.15, 0.2) is 5.75 Å². The fourth-order valence-corrected chi connectivity index (χ4v) is 2.35. The summed E-state index contributed by atoms with van der Waals surface area (Å²) in [5.41, 5.74) is 1.48. The number of isocyanates is 1. The van der Waals surface area contributed by atoms with E-state index in [9.17, 15) is 9.59 Å². The molecule has 1 amide bonds. The second-order valence-electron chi connectivity index (χ2n) is 4.50. The highest BCUT2D eigenvalue weighted by molar-refractivity contribution is 6.10. The fraction of sp³-hybridized carbons (Fsp3) is 0.125. The van der Waals surface area contributed by atoms with Crippen molar-refractivity contribution in [2.75, 3.05) is 11.4 Å². The number of rotatable bonds is 2. The summed E-state index contributed by atoms with van der Waals surface area (Å²) in [4.78, 5) is 28.2. The van der Waals surface area contributed by atoms with E-state index < -0.39 is 0 Å². The summed E-state index contributed by atoms with van der Waals surface area (Å²) in [5, 5.41) is 0. The van der Waals surface area contributed by atoms with Crippen LogP contribution >= 0.6 is 0 Å². The van der Waals surface area contributed by atoms with Gasteiger partial charge in [-0.15, -0.1) is 0 Å². The maximum absolute atomic E-state index is 12.7. The topological polar surface area (TPSA) is 59.0 Å². The van der Waals surface area contributed by atoms with Gasteiger partial charge in [0.25, 0.3) is 5.91 Å². The minimum atomic E-state index is -0.180. The third-order valence-corrected chi connectivity index (χ3v) is 3.31. The van der Waals surface area contributed by atoms with E-state index >= 15 is 0 Å². The molecule has 2 aromatic rings. The van der Waals surface area contributed by atoms with Crippen LogP contribution in [-0.4, -0.2) is 18.5 Å². The van der Waals surface area contributed by atoms with Crippen molar-refractivity contribution >= 4 is 23.4 Å². The molecule has 0 fully saturated rings. The van der Waals surface area contributed by atoms with E-state index in [4.69, 9.17) is 4.74 Å². The number of carbonyl (C=O) groups excluding carboxylic acids is 2. The van der Waals surface area contributed by atoms with E-state index in [1.807, 2.05) is 31.2 Å². The molecule has 0 saturated carbocycles. The Morgan fingerprint density at radius 3 is 2.76 bits per heavy atom. The zero-order chi connectivity index (χ0) is 14.8. The molecule has 0 N–H and O–H groups in total. The van der Waals surface area contributed by atoms with Crippen molar-refractivity contribution in [2.24, 2.45) is 4.99 Å². The Bertz CT molecular complexity index is 764. The number of hydrogen-bond acceptors (Lipinski definition) is 4. The van der Waals surface area contributed by atoms with Crippen LogP contribution in [0.2, 0.25) is 0 Å². The molecule has 1 aliphatic heterocycles. The summed E-state index contributed by atoms with van der Waals surface area (Å²) in [5.74, 6) is 0.895. The monoisotopic (exact) mass is 280 g/mol. The van der Waals surface area contributed by atoms with Crippen LogP contribution < -0.4 is 9.64 Å². The van der Waals surface area contributed by atoms with Crippen molar-refractivity contribution in [2.45, 2.75) is 6.92 Å². The Hall–Kier alpha value is -2.91. The first kappa shape index (κ1) is 13.1. The molecule has 3 rings (SSSR count). The highest BCUT2D eigenvalue weighted by Crippen LogP contribution is 2.39. The molecule has 21 heavy (non-hydrogen) atoms. The molecule has 0 aliphatic carbocycles. The molecule has 0 radical (unpaired) electrons. The molecule has 5 nitrogen and oxygen atoms in total. The van der Waals surface area contributed by atoms with Crippen LogP contribution in [0.25, 0.3) is 0 Å². The summed E-state index contributed by atoms with van der Waals surface area (Å²) in [6.45, 7) is 2.41. The van der Waals surface area contributed by atoms with E-state index in [1.165, 1.54) is 12.1 Å². The maximum atomic E-state index is 12.7. The Balaban J connectivity index is 2.20. The molecule has 0 atom stereocenters. The normalized spacial score (nSPS) is 12.6. The van der Waals surface area contributed by atoms with Crippen LogP contribution in [0.1, 0.15) is 17.3 Å². The Morgan fingerprint density at radius 1 is 1.19 bits per heavy atom. The number of nitrogens with zero attached hydrogens (tertiary/aromatic N) is 2. The van der Waals surface area contributed by atoms with E-state index in [2.05, 4.69) is 4.99 Å². The summed E-state index contributed by atoms with van der Waals surface area (Å²) in [7, 11) is 0. The second kappa shape index (κ2) is 5.23. The Labute approximate surface area is 121 Å². The standard InChI is InChI=1S/C16H12N2O3/c1-2-18-13-5-3-4-6-15(13)21-14-8-7-11(17-10-19)9-12(14)16(18)20/h3-9H,2H2,1H3. The molecule has 0 spiro atoms. The van der Waals surface area contributed by atoms with Gasteiger partial charge in [0.1, 0.15) is 5.75 Å². The van der Waals surface area contributed by atoms with Gasteiger partial charge in [-0.25, -0.2) is 4.79 Å². The van der Waals surface area contributed by atoms with Crippen molar-refractivity contribution < 1.29 is 14.3 Å². The van der Waals surface area contributed by atoms with Crippen LogP contribution in [0.4, 0.5) is 11.4 Å². The predicted octanol–water partition coefficient (Wildman–Crippen LogP) is 3.43. The molecule has 0 aromatic heterocycles. The summed E-state index contributed by atoms with van der Waals surface area (Å²) < 4.78 is 5.84. The molecule has 2 aromatic carbocycles. The Morgan fingerprint density at radius 2 is 2.00 bits per heavy atom. The highest BCUT2D eigenvalue weighted by atomic mass is 16.5. The van der Waals surface area contributed by atoms with Crippen molar-refractivity contribution in [3.05, 3.63) is 48.0 Å². The first-order chi connectivity index (χ1) is 10.2. The number of carbonyl (C=O) groups is 1. The largest absolute Gasteiger partial charge is 0.454 e. The molecule has 1 aliphatic rings. The Kier molecular flexibility index (Phi) is 3.26. The van der Waals surface area contributed by atoms with Crippen LogP contribution in [0.3, 0.4) is 0 Å². The third kappa shape index (κ3) is 2.20. The van der Waals surface area contributed by atoms with Crippen LogP contribution in [0, 0.1) is 0 Å². The average Bonchev–Trinajstić information content (AvgIpc) is 2.62. The summed E-state index contributed by atoms with van der Waals surface area (Å²) >= 11 is 0. The lowest BCUT2D eigenvalue weighted by molar-refractivity contribution is 0.0988. The van der Waals surface area contributed by atoms with Crippen molar-refractivity contribution in [1.29, 1.82) is 0 Å². The van der Waals surface area contributed by atoms with Crippen LogP contribution in [0.5, 0.6) is 11.5 Å². The van der Waals surface area contributed by atoms with Gasteiger partial charge in [-0.3, -0.25) is 4.79 Å². The van der Waals surface area contributed by atoms with Crippen molar-refractivity contribution in [1.82, 2.24) is 0 Å². The van der Waals surface area contributed by atoms with E-state index in [0.29, 0.717) is 29.3 Å².